The molecule has 5 nitrogen and oxygen atoms in total. The minimum absolute atomic E-state index is 0.0764. The zero-order valence-electron chi connectivity index (χ0n) is 9.80. The van der Waals surface area contributed by atoms with Crippen LogP contribution in [0.25, 0.3) is 11.4 Å². The maximum Gasteiger partial charge on any atom is 0.204 e. The van der Waals surface area contributed by atoms with Gasteiger partial charge in [-0.05, 0) is 30.5 Å². The summed E-state index contributed by atoms with van der Waals surface area (Å²) < 4.78 is 0. The lowest BCUT2D eigenvalue weighted by molar-refractivity contribution is 0.553. The lowest BCUT2D eigenvalue weighted by Crippen LogP contribution is -2.18. The van der Waals surface area contributed by atoms with Crippen molar-refractivity contribution in [1.29, 1.82) is 0 Å². The second kappa shape index (κ2) is 3.63. The zero-order chi connectivity index (χ0) is 11.9. The van der Waals surface area contributed by atoms with E-state index < -0.39 is 0 Å². The fraction of sp³-hybridized carbons (Fsp3) is 0.417. The van der Waals surface area contributed by atoms with Gasteiger partial charge in [-0.1, -0.05) is 24.3 Å². The molecule has 1 heterocycles. The van der Waals surface area contributed by atoms with E-state index in [0.29, 0.717) is 5.82 Å². The van der Waals surface area contributed by atoms with Gasteiger partial charge in [0, 0.05) is 11.1 Å². The third-order valence-corrected chi connectivity index (χ3v) is 3.24. The average Bonchev–Trinajstić information content (AvgIpc) is 2.95. The maximum absolute atomic E-state index is 6.13. The number of nitrogens with zero attached hydrogens (tertiary/aromatic N) is 4. The highest BCUT2D eigenvalue weighted by molar-refractivity contribution is 5.55. The van der Waals surface area contributed by atoms with Crippen molar-refractivity contribution in [1.82, 2.24) is 20.2 Å². The Labute approximate surface area is 99.6 Å². The van der Waals surface area contributed by atoms with Gasteiger partial charge in [0.25, 0.3) is 0 Å². The van der Waals surface area contributed by atoms with E-state index in [1.165, 1.54) is 5.56 Å². The Bertz CT molecular complexity index is 524. The molecule has 3 rings (SSSR count). The van der Waals surface area contributed by atoms with E-state index in [4.69, 9.17) is 5.73 Å². The molecule has 1 fully saturated rings. The minimum atomic E-state index is -0.0764. The molecule has 1 aliphatic carbocycles. The minimum Gasteiger partial charge on any atom is -0.321 e. The number of rotatable bonds is 3. The average molecular weight is 229 g/mol. The molecule has 1 aromatic heterocycles. The van der Waals surface area contributed by atoms with Crippen molar-refractivity contribution in [3.63, 3.8) is 0 Å². The molecule has 0 bridgehead atoms. The Morgan fingerprint density at radius 3 is 2.53 bits per heavy atom. The fourth-order valence-electron chi connectivity index (χ4n) is 1.87. The summed E-state index contributed by atoms with van der Waals surface area (Å²) >= 11 is 0. The summed E-state index contributed by atoms with van der Waals surface area (Å²) in [5, 5.41) is 12.2. The zero-order valence-corrected chi connectivity index (χ0v) is 9.80. The lowest BCUT2D eigenvalue weighted by atomic mass is 10.0. The number of tetrazole rings is 1. The Hall–Kier alpha value is -1.75. The van der Waals surface area contributed by atoms with Gasteiger partial charge in [-0.3, -0.25) is 0 Å². The van der Waals surface area contributed by atoms with Crippen LogP contribution in [-0.4, -0.2) is 20.2 Å². The predicted octanol–water partition coefficient (Wildman–Crippen LogP) is 1.31. The molecule has 17 heavy (non-hydrogen) atoms. The van der Waals surface area contributed by atoms with Crippen molar-refractivity contribution in [2.24, 2.45) is 5.73 Å². The topological polar surface area (TPSA) is 69.6 Å². The second-order valence-corrected chi connectivity index (χ2v) is 4.54. The molecule has 1 saturated carbocycles. The highest BCUT2D eigenvalue weighted by Gasteiger charge is 2.39. The first-order valence-electron chi connectivity index (χ1n) is 5.89. The van der Waals surface area contributed by atoms with Gasteiger partial charge in [0.1, 0.15) is 0 Å². The summed E-state index contributed by atoms with van der Waals surface area (Å²) in [7, 11) is 0. The molecule has 0 unspecified atom stereocenters. The third kappa shape index (κ3) is 1.82. The van der Waals surface area contributed by atoms with Crippen LogP contribution in [0.5, 0.6) is 0 Å². The molecule has 0 spiro atoms. The van der Waals surface area contributed by atoms with E-state index in [9.17, 15) is 0 Å². The number of aryl methyl sites for hydroxylation is 1. The molecule has 0 amide bonds. The van der Waals surface area contributed by atoms with Gasteiger partial charge >= 0.3 is 0 Å². The number of aromatic nitrogens is 4. The van der Waals surface area contributed by atoms with Crippen molar-refractivity contribution < 1.29 is 0 Å². The molecule has 1 aliphatic rings. The van der Waals surface area contributed by atoms with Gasteiger partial charge in [0.2, 0.25) is 5.82 Å². The largest absolute Gasteiger partial charge is 0.321 e. The first kappa shape index (κ1) is 10.4. The highest BCUT2D eigenvalue weighted by atomic mass is 15.6. The van der Waals surface area contributed by atoms with E-state index in [1.807, 2.05) is 19.1 Å². The summed E-state index contributed by atoms with van der Waals surface area (Å²) in [6, 6.07) is 8.16. The van der Waals surface area contributed by atoms with Crippen molar-refractivity contribution in [2.45, 2.75) is 31.8 Å². The van der Waals surface area contributed by atoms with Crippen molar-refractivity contribution >= 4 is 0 Å². The van der Waals surface area contributed by atoms with E-state index in [1.54, 1.807) is 4.80 Å². The van der Waals surface area contributed by atoms with Crippen molar-refractivity contribution in [2.75, 3.05) is 0 Å². The quantitative estimate of drug-likeness (QED) is 0.861. The van der Waals surface area contributed by atoms with E-state index in [0.717, 1.165) is 24.9 Å². The molecule has 0 atom stereocenters. The van der Waals surface area contributed by atoms with Gasteiger partial charge in [-0.15, -0.1) is 10.2 Å². The summed E-state index contributed by atoms with van der Waals surface area (Å²) in [6.45, 7) is 2.72. The van der Waals surface area contributed by atoms with E-state index in [-0.39, 0.29) is 5.54 Å². The number of nitrogens with two attached hydrogens (primary N) is 1. The molecule has 1 aromatic carbocycles. The first-order valence-corrected chi connectivity index (χ1v) is 5.89. The van der Waals surface area contributed by atoms with Crippen LogP contribution in [0.15, 0.2) is 24.3 Å². The van der Waals surface area contributed by atoms with E-state index >= 15 is 0 Å². The molecule has 5 heteroatoms. The summed E-state index contributed by atoms with van der Waals surface area (Å²) in [5.41, 5.74) is 8.24. The number of hydrogen-bond acceptors (Lipinski definition) is 4. The Kier molecular flexibility index (Phi) is 2.22. The third-order valence-electron chi connectivity index (χ3n) is 3.24. The van der Waals surface area contributed by atoms with Crippen LogP contribution in [-0.2, 0) is 12.1 Å². The van der Waals surface area contributed by atoms with Crippen LogP contribution in [0.4, 0.5) is 0 Å². The van der Waals surface area contributed by atoms with Crippen LogP contribution in [0.1, 0.15) is 25.3 Å². The highest BCUT2D eigenvalue weighted by Crippen LogP contribution is 2.42. The standard InChI is InChI=1S/C12H15N5/c1-2-17-15-11(14-16-17)9-3-5-10(6-4-9)12(13)7-8-12/h3-6H,2,7-8,13H2,1H3. The van der Waals surface area contributed by atoms with Gasteiger partial charge in [0.05, 0.1) is 6.54 Å². The molecule has 2 aromatic rings. The first-order chi connectivity index (χ1) is 8.21. The molecular formula is C12H15N5. The Balaban J connectivity index is 1.89. The van der Waals surface area contributed by atoms with Gasteiger partial charge < -0.3 is 5.73 Å². The monoisotopic (exact) mass is 229 g/mol. The smallest absolute Gasteiger partial charge is 0.204 e. The SMILES string of the molecule is CCn1nnc(-c2ccc(C3(N)CC3)cc2)n1. The van der Waals surface area contributed by atoms with Crippen LogP contribution >= 0.6 is 0 Å². The molecule has 0 saturated heterocycles. The second-order valence-electron chi connectivity index (χ2n) is 4.54. The Morgan fingerprint density at radius 1 is 1.29 bits per heavy atom. The number of benzene rings is 1. The van der Waals surface area contributed by atoms with Crippen LogP contribution < -0.4 is 5.73 Å². The maximum atomic E-state index is 6.13. The number of hydrogen-bond donors (Lipinski definition) is 1. The van der Waals surface area contributed by atoms with Gasteiger partial charge in [-0.2, -0.15) is 4.80 Å². The lowest BCUT2D eigenvalue weighted by Gasteiger charge is -2.08. The molecule has 0 radical (unpaired) electrons. The van der Waals surface area contributed by atoms with E-state index in [2.05, 4.69) is 27.5 Å². The molecule has 0 aliphatic heterocycles. The Morgan fingerprint density at radius 2 is 2.00 bits per heavy atom. The van der Waals surface area contributed by atoms with Crippen LogP contribution in [0.3, 0.4) is 0 Å². The van der Waals surface area contributed by atoms with Crippen molar-refractivity contribution in [3.8, 4) is 11.4 Å². The fourth-order valence-corrected chi connectivity index (χ4v) is 1.87. The van der Waals surface area contributed by atoms with Gasteiger partial charge in [0.15, 0.2) is 0 Å². The molecule has 88 valence electrons. The molecule has 2 N–H and O–H groups in total. The van der Waals surface area contributed by atoms with Crippen LogP contribution in [0, 0.1) is 0 Å². The van der Waals surface area contributed by atoms with Gasteiger partial charge in [-0.25, -0.2) is 0 Å². The summed E-state index contributed by atoms with van der Waals surface area (Å²) in [6.07, 6.45) is 2.16. The normalized spacial score (nSPS) is 17.1. The molecular weight excluding hydrogens is 214 g/mol. The summed E-state index contributed by atoms with van der Waals surface area (Å²) in [4.78, 5) is 1.58. The predicted molar refractivity (Wildman–Crippen MR) is 64.0 cm³/mol. The van der Waals surface area contributed by atoms with Crippen LogP contribution in [0.2, 0.25) is 0 Å². The summed E-state index contributed by atoms with van der Waals surface area (Å²) in [5.74, 6) is 0.667. The van der Waals surface area contributed by atoms with Crippen molar-refractivity contribution in [3.05, 3.63) is 29.8 Å².